The molecule has 0 atom stereocenters. The second kappa shape index (κ2) is 10.3. The van der Waals surface area contributed by atoms with E-state index in [1.54, 1.807) is 18.2 Å². The summed E-state index contributed by atoms with van der Waals surface area (Å²) in [7, 11) is -3.71. The number of halogens is 3. The van der Waals surface area contributed by atoms with Crippen molar-refractivity contribution in [1.82, 2.24) is 5.32 Å². The third-order valence-electron chi connectivity index (χ3n) is 3.61. The second-order valence-corrected chi connectivity index (χ2v) is 9.78. The number of thioether (sulfide) groups is 1. The lowest BCUT2D eigenvalue weighted by Gasteiger charge is -2.22. The summed E-state index contributed by atoms with van der Waals surface area (Å²) >= 11 is 13.3. The fraction of sp³-hybridized carbons (Fsp3) is 0.278. The Balaban J connectivity index is 1.87. The van der Waals surface area contributed by atoms with Crippen molar-refractivity contribution in [3.63, 3.8) is 0 Å². The number of nitrogens with one attached hydrogen (secondary N) is 1. The Morgan fingerprint density at radius 3 is 2.43 bits per heavy atom. The van der Waals surface area contributed by atoms with E-state index in [-0.39, 0.29) is 21.5 Å². The Hall–Kier alpha value is -1.48. The van der Waals surface area contributed by atoms with E-state index in [9.17, 15) is 17.6 Å². The first kappa shape index (κ1) is 22.8. The molecule has 28 heavy (non-hydrogen) atoms. The van der Waals surface area contributed by atoms with Crippen LogP contribution in [0.5, 0.6) is 0 Å². The van der Waals surface area contributed by atoms with Crippen LogP contribution < -0.4 is 9.62 Å². The number of benzene rings is 2. The molecular weight excluding hydrogens is 446 g/mol. The standard InChI is InChI=1S/C18H19Cl2FN2O3S2/c1-28(25,26)23(16-9-14(19)8-15(20)10-16)11-18(24)22-6-7-27-12-13-4-2-3-5-17(13)21/h2-5,8-10H,6-7,11-12H2,1H3,(H,22,24). The zero-order valence-electron chi connectivity index (χ0n) is 15.0. The largest absolute Gasteiger partial charge is 0.354 e. The minimum Gasteiger partial charge on any atom is -0.354 e. The molecule has 1 N–H and O–H groups in total. The van der Waals surface area contributed by atoms with E-state index >= 15 is 0 Å². The molecule has 0 saturated carbocycles. The highest BCUT2D eigenvalue weighted by atomic mass is 35.5. The molecule has 0 saturated heterocycles. The molecule has 0 aliphatic heterocycles. The van der Waals surface area contributed by atoms with Crippen LogP contribution in [-0.4, -0.2) is 39.4 Å². The van der Waals surface area contributed by atoms with Gasteiger partial charge >= 0.3 is 0 Å². The average molecular weight is 465 g/mol. The Morgan fingerprint density at radius 1 is 1.18 bits per heavy atom. The van der Waals surface area contributed by atoms with Gasteiger partial charge in [-0.15, -0.1) is 0 Å². The Bertz CT molecular complexity index is 922. The van der Waals surface area contributed by atoms with Gasteiger partial charge in [0, 0.05) is 28.1 Å². The summed E-state index contributed by atoms with van der Waals surface area (Å²) in [4.78, 5) is 12.2. The van der Waals surface area contributed by atoms with Crippen molar-refractivity contribution in [2.45, 2.75) is 5.75 Å². The van der Waals surface area contributed by atoms with Crippen LogP contribution in [-0.2, 0) is 20.6 Å². The highest BCUT2D eigenvalue weighted by Gasteiger charge is 2.21. The average Bonchev–Trinajstić information content (AvgIpc) is 2.59. The minimum atomic E-state index is -3.71. The summed E-state index contributed by atoms with van der Waals surface area (Å²) < 4.78 is 38.6. The number of rotatable bonds is 9. The van der Waals surface area contributed by atoms with Crippen LogP contribution in [0.15, 0.2) is 42.5 Å². The molecule has 2 aromatic rings. The fourth-order valence-corrected chi connectivity index (χ4v) is 4.53. The molecule has 0 bridgehead atoms. The van der Waals surface area contributed by atoms with E-state index in [1.807, 2.05) is 0 Å². The van der Waals surface area contributed by atoms with Crippen molar-refractivity contribution in [3.05, 3.63) is 63.9 Å². The summed E-state index contributed by atoms with van der Waals surface area (Å²) in [6.45, 7) is -0.0701. The van der Waals surface area contributed by atoms with Gasteiger partial charge in [-0.25, -0.2) is 12.8 Å². The summed E-state index contributed by atoms with van der Waals surface area (Å²) in [6, 6.07) is 10.8. The second-order valence-electron chi connectivity index (χ2n) is 5.89. The molecule has 0 unspecified atom stereocenters. The van der Waals surface area contributed by atoms with E-state index in [2.05, 4.69) is 5.32 Å². The zero-order valence-corrected chi connectivity index (χ0v) is 18.1. The quantitative estimate of drug-likeness (QED) is 0.570. The van der Waals surface area contributed by atoms with Gasteiger partial charge in [0.25, 0.3) is 0 Å². The first-order chi connectivity index (χ1) is 13.2. The van der Waals surface area contributed by atoms with Crippen molar-refractivity contribution in [3.8, 4) is 0 Å². The zero-order chi connectivity index (χ0) is 20.7. The lowest BCUT2D eigenvalue weighted by molar-refractivity contribution is -0.119. The van der Waals surface area contributed by atoms with Gasteiger partial charge in [0.1, 0.15) is 12.4 Å². The molecule has 152 valence electrons. The number of anilines is 1. The van der Waals surface area contributed by atoms with Crippen LogP contribution in [0.25, 0.3) is 0 Å². The van der Waals surface area contributed by atoms with Crippen LogP contribution in [0.3, 0.4) is 0 Å². The minimum absolute atomic E-state index is 0.212. The number of hydrogen-bond donors (Lipinski definition) is 1. The van der Waals surface area contributed by atoms with Gasteiger partial charge in [-0.2, -0.15) is 11.8 Å². The van der Waals surface area contributed by atoms with Crippen LogP contribution in [0.2, 0.25) is 10.0 Å². The SMILES string of the molecule is CS(=O)(=O)N(CC(=O)NCCSCc1ccccc1F)c1cc(Cl)cc(Cl)c1. The van der Waals surface area contributed by atoms with Gasteiger partial charge in [0.15, 0.2) is 0 Å². The summed E-state index contributed by atoms with van der Waals surface area (Å²) in [6.07, 6.45) is 0.999. The van der Waals surface area contributed by atoms with Crippen molar-refractivity contribution < 1.29 is 17.6 Å². The van der Waals surface area contributed by atoms with Gasteiger partial charge in [-0.05, 0) is 29.8 Å². The van der Waals surface area contributed by atoms with Gasteiger partial charge in [0.2, 0.25) is 15.9 Å². The third-order valence-corrected chi connectivity index (χ3v) is 6.19. The maximum Gasteiger partial charge on any atom is 0.240 e. The monoisotopic (exact) mass is 464 g/mol. The molecular formula is C18H19Cl2FN2O3S2. The van der Waals surface area contributed by atoms with Gasteiger partial charge in [-0.1, -0.05) is 41.4 Å². The van der Waals surface area contributed by atoms with E-state index in [0.717, 1.165) is 10.6 Å². The topological polar surface area (TPSA) is 66.5 Å². The first-order valence-electron chi connectivity index (χ1n) is 8.18. The highest BCUT2D eigenvalue weighted by molar-refractivity contribution is 7.98. The molecule has 0 fully saturated rings. The molecule has 10 heteroatoms. The summed E-state index contributed by atoms with van der Waals surface area (Å²) in [5, 5.41) is 3.19. The molecule has 2 rings (SSSR count). The predicted molar refractivity (Wildman–Crippen MR) is 114 cm³/mol. The first-order valence-corrected chi connectivity index (χ1v) is 11.9. The number of nitrogens with zero attached hydrogens (tertiary/aromatic N) is 1. The molecule has 0 heterocycles. The number of sulfonamides is 1. The lowest BCUT2D eigenvalue weighted by Crippen LogP contribution is -2.41. The number of carbonyl (C=O) groups excluding carboxylic acids is 1. The van der Waals surface area contributed by atoms with Crippen LogP contribution in [0.4, 0.5) is 10.1 Å². The molecule has 5 nitrogen and oxygen atoms in total. The van der Waals surface area contributed by atoms with Crippen molar-refractivity contribution >= 4 is 56.6 Å². The normalized spacial score (nSPS) is 11.3. The maximum absolute atomic E-state index is 13.5. The number of amides is 1. The van der Waals surface area contributed by atoms with E-state index < -0.39 is 22.5 Å². The molecule has 2 aromatic carbocycles. The number of hydrogen-bond acceptors (Lipinski definition) is 4. The van der Waals surface area contributed by atoms with Gasteiger partial charge in [0.05, 0.1) is 11.9 Å². The Labute approximate surface area is 178 Å². The molecule has 0 aromatic heterocycles. The predicted octanol–water partition coefficient (Wildman–Crippen LogP) is 3.95. The molecule has 0 aliphatic carbocycles. The smallest absolute Gasteiger partial charge is 0.240 e. The molecule has 0 aliphatic rings. The van der Waals surface area contributed by atoms with Gasteiger partial charge < -0.3 is 5.32 Å². The van der Waals surface area contributed by atoms with Crippen molar-refractivity contribution in [1.29, 1.82) is 0 Å². The van der Waals surface area contributed by atoms with Crippen molar-refractivity contribution in [2.75, 3.05) is 29.4 Å². The van der Waals surface area contributed by atoms with E-state index in [0.29, 0.717) is 23.6 Å². The number of carbonyl (C=O) groups is 1. The Morgan fingerprint density at radius 2 is 1.82 bits per heavy atom. The van der Waals surface area contributed by atoms with E-state index in [4.69, 9.17) is 23.2 Å². The molecule has 0 spiro atoms. The Kier molecular flexibility index (Phi) is 8.42. The fourth-order valence-electron chi connectivity index (χ4n) is 2.33. The lowest BCUT2D eigenvalue weighted by atomic mass is 10.2. The summed E-state index contributed by atoms with van der Waals surface area (Å²) in [5.74, 6) is 0.317. The van der Waals surface area contributed by atoms with Crippen LogP contribution >= 0.6 is 35.0 Å². The molecule has 0 radical (unpaired) electrons. The third kappa shape index (κ3) is 7.16. The van der Waals surface area contributed by atoms with Crippen LogP contribution in [0.1, 0.15) is 5.56 Å². The van der Waals surface area contributed by atoms with E-state index in [1.165, 1.54) is 36.0 Å². The van der Waals surface area contributed by atoms with Crippen molar-refractivity contribution in [2.24, 2.45) is 0 Å². The maximum atomic E-state index is 13.5. The summed E-state index contributed by atoms with van der Waals surface area (Å²) in [5.41, 5.74) is 0.809. The van der Waals surface area contributed by atoms with Gasteiger partial charge in [-0.3, -0.25) is 9.10 Å². The molecule has 1 amide bonds. The highest BCUT2D eigenvalue weighted by Crippen LogP contribution is 2.26. The van der Waals surface area contributed by atoms with Crippen LogP contribution in [0, 0.1) is 5.82 Å².